The Morgan fingerprint density at radius 2 is 2.18 bits per heavy atom. The quantitative estimate of drug-likeness (QED) is 0.869. The number of rotatable bonds is 3. The highest BCUT2D eigenvalue weighted by atomic mass is 16.5. The number of nitrogens with zero attached hydrogens (tertiary/aromatic N) is 2. The van der Waals surface area contributed by atoms with Crippen molar-refractivity contribution in [2.45, 2.75) is 19.8 Å². The Morgan fingerprint density at radius 1 is 1.47 bits per heavy atom. The van der Waals surface area contributed by atoms with Gasteiger partial charge in [-0.1, -0.05) is 6.92 Å². The minimum absolute atomic E-state index is 0.300. The first kappa shape index (κ1) is 12.2. The molecule has 0 aliphatic carbocycles. The summed E-state index contributed by atoms with van der Waals surface area (Å²) in [7, 11) is 1.77. The Morgan fingerprint density at radius 3 is 2.76 bits per heavy atom. The highest BCUT2D eigenvalue weighted by Crippen LogP contribution is 2.33. The Bertz CT molecular complexity index is 373. The largest absolute Gasteiger partial charge is 0.396 e. The van der Waals surface area contributed by atoms with Crippen LogP contribution in [0, 0.1) is 5.41 Å². The van der Waals surface area contributed by atoms with E-state index in [0.717, 1.165) is 44.0 Å². The van der Waals surface area contributed by atoms with Gasteiger partial charge in [0.15, 0.2) is 5.82 Å². The van der Waals surface area contributed by atoms with E-state index < -0.39 is 0 Å². The second-order valence-corrected chi connectivity index (χ2v) is 5.15. The lowest BCUT2D eigenvalue weighted by Crippen LogP contribution is -2.41. The molecule has 94 valence electrons. The highest BCUT2D eigenvalue weighted by molar-refractivity contribution is 5.62. The van der Waals surface area contributed by atoms with Crippen LogP contribution in [-0.2, 0) is 4.74 Å². The molecule has 1 aromatic heterocycles. The minimum atomic E-state index is 0.300. The summed E-state index contributed by atoms with van der Waals surface area (Å²) in [5.74, 6) is 0.923. The van der Waals surface area contributed by atoms with Crippen molar-refractivity contribution in [3.63, 3.8) is 0 Å². The maximum absolute atomic E-state index is 5.95. The fourth-order valence-corrected chi connectivity index (χ4v) is 2.42. The van der Waals surface area contributed by atoms with Gasteiger partial charge >= 0.3 is 0 Å². The van der Waals surface area contributed by atoms with Gasteiger partial charge in [0.05, 0.1) is 12.3 Å². The van der Waals surface area contributed by atoms with Crippen molar-refractivity contribution in [3.05, 3.63) is 18.3 Å². The van der Waals surface area contributed by atoms with E-state index in [9.17, 15) is 0 Å². The van der Waals surface area contributed by atoms with Crippen LogP contribution in [0.25, 0.3) is 0 Å². The summed E-state index contributed by atoms with van der Waals surface area (Å²) < 4.78 is 5.29. The maximum atomic E-state index is 5.95. The molecule has 0 radical (unpaired) electrons. The molecule has 0 atom stereocenters. The second-order valence-electron chi connectivity index (χ2n) is 5.15. The van der Waals surface area contributed by atoms with Gasteiger partial charge in [-0.05, 0) is 30.4 Å². The molecule has 0 spiro atoms. The SMILES string of the molecule is COCC1(C)CCN(c2ncccc2N)CC1. The van der Waals surface area contributed by atoms with E-state index in [1.807, 2.05) is 12.1 Å². The van der Waals surface area contributed by atoms with Crippen molar-refractivity contribution in [3.8, 4) is 0 Å². The number of hydrogen-bond acceptors (Lipinski definition) is 4. The fraction of sp³-hybridized carbons (Fsp3) is 0.615. The molecule has 1 aliphatic heterocycles. The summed E-state index contributed by atoms with van der Waals surface area (Å²) >= 11 is 0. The first-order chi connectivity index (χ1) is 8.14. The Kier molecular flexibility index (Phi) is 3.52. The Labute approximate surface area is 103 Å². The van der Waals surface area contributed by atoms with E-state index in [1.165, 1.54) is 0 Å². The van der Waals surface area contributed by atoms with Crippen LogP contribution in [-0.4, -0.2) is 31.8 Å². The molecule has 2 heterocycles. The van der Waals surface area contributed by atoms with E-state index in [0.29, 0.717) is 5.41 Å². The third-order valence-corrected chi connectivity index (χ3v) is 3.58. The molecule has 0 saturated carbocycles. The molecule has 1 fully saturated rings. The van der Waals surface area contributed by atoms with E-state index in [2.05, 4.69) is 16.8 Å². The molecule has 1 aliphatic rings. The van der Waals surface area contributed by atoms with Gasteiger partial charge in [0.25, 0.3) is 0 Å². The minimum Gasteiger partial charge on any atom is -0.396 e. The molecule has 4 nitrogen and oxygen atoms in total. The van der Waals surface area contributed by atoms with Crippen LogP contribution in [0.2, 0.25) is 0 Å². The summed E-state index contributed by atoms with van der Waals surface area (Å²) in [5.41, 5.74) is 7.02. The molecule has 0 aromatic carbocycles. The number of anilines is 2. The number of nitrogens with two attached hydrogens (primary N) is 1. The highest BCUT2D eigenvalue weighted by Gasteiger charge is 2.30. The number of aromatic nitrogens is 1. The van der Waals surface area contributed by atoms with Crippen molar-refractivity contribution in [2.24, 2.45) is 5.41 Å². The average Bonchev–Trinajstić information content (AvgIpc) is 2.31. The fourth-order valence-electron chi connectivity index (χ4n) is 2.42. The first-order valence-electron chi connectivity index (χ1n) is 6.09. The van der Waals surface area contributed by atoms with Gasteiger partial charge in [0.1, 0.15) is 0 Å². The van der Waals surface area contributed by atoms with Crippen molar-refractivity contribution in [1.29, 1.82) is 0 Å². The maximum Gasteiger partial charge on any atom is 0.151 e. The molecule has 17 heavy (non-hydrogen) atoms. The topological polar surface area (TPSA) is 51.4 Å². The third-order valence-electron chi connectivity index (χ3n) is 3.58. The number of methoxy groups -OCH3 is 1. The van der Waals surface area contributed by atoms with Gasteiger partial charge in [0, 0.05) is 26.4 Å². The van der Waals surface area contributed by atoms with E-state index in [4.69, 9.17) is 10.5 Å². The van der Waals surface area contributed by atoms with Crippen molar-refractivity contribution >= 4 is 11.5 Å². The zero-order valence-electron chi connectivity index (χ0n) is 10.6. The number of pyridine rings is 1. The smallest absolute Gasteiger partial charge is 0.151 e. The number of nitrogen functional groups attached to an aromatic ring is 1. The average molecular weight is 235 g/mol. The van der Waals surface area contributed by atoms with Gasteiger partial charge < -0.3 is 15.4 Å². The van der Waals surface area contributed by atoms with Crippen LogP contribution in [0.3, 0.4) is 0 Å². The number of piperidine rings is 1. The predicted molar refractivity (Wildman–Crippen MR) is 70.1 cm³/mol. The summed E-state index contributed by atoms with van der Waals surface area (Å²) in [4.78, 5) is 6.64. The molecule has 1 saturated heterocycles. The number of hydrogen-bond donors (Lipinski definition) is 1. The van der Waals surface area contributed by atoms with Crippen LogP contribution in [0.1, 0.15) is 19.8 Å². The third kappa shape index (κ3) is 2.69. The van der Waals surface area contributed by atoms with E-state index >= 15 is 0 Å². The van der Waals surface area contributed by atoms with E-state index in [1.54, 1.807) is 13.3 Å². The molecule has 4 heteroatoms. The van der Waals surface area contributed by atoms with Gasteiger partial charge in [-0.15, -0.1) is 0 Å². The molecule has 2 rings (SSSR count). The van der Waals surface area contributed by atoms with Crippen LogP contribution >= 0.6 is 0 Å². The Balaban J connectivity index is 2.02. The van der Waals surface area contributed by atoms with E-state index in [-0.39, 0.29) is 0 Å². The monoisotopic (exact) mass is 235 g/mol. The predicted octanol–water partition coefficient (Wildman–Crippen LogP) is 1.92. The van der Waals surface area contributed by atoms with Gasteiger partial charge in [-0.25, -0.2) is 4.98 Å². The molecule has 0 bridgehead atoms. The Hall–Kier alpha value is -1.29. The molecule has 1 aromatic rings. The van der Waals surface area contributed by atoms with Gasteiger partial charge in [-0.3, -0.25) is 0 Å². The summed E-state index contributed by atoms with van der Waals surface area (Å²) in [6.45, 7) is 5.12. The van der Waals surface area contributed by atoms with Gasteiger partial charge in [0.2, 0.25) is 0 Å². The normalized spacial score (nSPS) is 19.3. The zero-order chi connectivity index (χ0) is 12.3. The summed E-state index contributed by atoms with van der Waals surface area (Å²) in [6, 6.07) is 3.78. The molecule has 2 N–H and O–H groups in total. The summed E-state index contributed by atoms with van der Waals surface area (Å²) in [6.07, 6.45) is 4.04. The summed E-state index contributed by atoms with van der Waals surface area (Å²) in [5, 5.41) is 0. The zero-order valence-corrected chi connectivity index (χ0v) is 10.6. The lowest BCUT2D eigenvalue weighted by molar-refractivity contribution is 0.0730. The lowest BCUT2D eigenvalue weighted by atomic mass is 9.81. The molecular weight excluding hydrogens is 214 g/mol. The van der Waals surface area contributed by atoms with Crippen LogP contribution in [0.4, 0.5) is 11.5 Å². The lowest BCUT2D eigenvalue weighted by Gasteiger charge is -2.39. The van der Waals surface area contributed by atoms with Crippen LogP contribution in [0.5, 0.6) is 0 Å². The first-order valence-corrected chi connectivity index (χ1v) is 6.09. The molecular formula is C13H21N3O. The van der Waals surface area contributed by atoms with Crippen molar-refractivity contribution in [2.75, 3.05) is 37.4 Å². The van der Waals surface area contributed by atoms with Crippen molar-refractivity contribution in [1.82, 2.24) is 4.98 Å². The molecule has 0 amide bonds. The van der Waals surface area contributed by atoms with Gasteiger partial charge in [-0.2, -0.15) is 0 Å². The van der Waals surface area contributed by atoms with Crippen molar-refractivity contribution < 1.29 is 4.74 Å². The second kappa shape index (κ2) is 4.92. The van der Waals surface area contributed by atoms with Crippen LogP contribution in [0.15, 0.2) is 18.3 Å². The molecule has 0 unspecified atom stereocenters. The van der Waals surface area contributed by atoms with Crippen LogP contribution < -0.4 is 10.6 Å². The standard InChI is InChI=1S/C13H21N3O/c1-13(10-17-2)5-8-16(9-6-13)12-11(14)4-3-7-15-12/h3-4,7H,5-6,8-10,14H2,1-2H3. The number of ether oxygens (including phenoxy) is 1.